The monoisotopic (exact) mass is 546 g/mol. The molecule has 3 fully saturated rings. The smallest absolute Gasteiger partial charge is 0.254 e. The van der Waals surface area contributed by atoms with Crippen molar-refractivity contribution in [2.24, 2.45) is 5.73 Å². The van der Waals surface area contributed by atoms with Crippen LogP contribution in [0.5, 0.6) is 0 Å². The largest absolute Gasteiger partial charge is 0.377 e. The molecule has 2 heterocycles. The standard InChI is InChI=1S/C33H46N4O3/c1-23-9-11-25(12-10-23)33(39)37-18-17-29(20-31(37)32(38)35-28-15-13-27(34)14-16-28)36(22-30-8-5-19-40-30)21-26-7-4-3-6-24(26)2/h3-4,6-7,9-12,27-31H,5,8,13-22,34H2,1-2H3,(H,35,38)/t27?,28?,29?,30?,31-/m1/s1. The predicted octanol–water partition coefficient (Wildman–Crippen LogP) is 4.34. The summed E-state index contributed by atoms with van der Waals surface area (Å²) in [6.07, 6.45) is 7.49. The van der Waals surface area contributed by atoms with Gasteiger partial charge in [0.2, 0.25) is 5.91 Å². The van der Waals surface area contributed by atoms with Gasteiger partial charge >= 0.3 is 0 Å². The Balaban J connectivity index is 1.37. The number of nitrogens with two attached hydrogens (primary N) is 1. The number of hydrogen-bond donors (Lipinski definition) is 2. The van der Waals surface area contributed by atoms with Gasteiger partial charge in [0.05, 0.1) is 6.10 Å². The van der Waals surface area contributed by atoms with Crippen LogP contribution in [0.2, 0.25) is 0 Å². The number of ether oxygens (including phenoxy) is 1. The van der Waals surface area contributed by atoms with E-state index in [0.29, 0.717) is 18.5 Å². The molecule has 0 radical (unpaired) electrons. The first kappa shape index (κ1) is 28.8. The first-order valence-electron chi connectivity index (χ1n) is 15.2. The molecule has 216 valence electrons. The summed E-state index contributed by atoms with van der Waals surface area (Å²) in [6, 6.07) is 16.2. The maximum atomic E-state index is 13.9. The van der Waals surface area contributed by atoms with Crippen molar-refractivity contribution in [1.29, 1.82) is 0 Å². The van der Waals surface area contributed by atoms with Crippen LogP contribution < -0.4 is 11.1 Å². The molecular weight excluding hydrogens is 500 g/mol. The number of amides is 2. The topological polar surface area (TPSA) is 87.9 Å². The summed E-state index contributed by atoms with van der Waals surface area (Å²) in [7, 11) is 0. The number of benzene rings is 2. The van der Waals surface area contributed by atoms with Gasteiger partial charge in [0, 0.05) is 49.9 Å². The lowest BCUT2D eigenvalue weighted by Gasteiger charge is -2.44. The molecule has 2 aromatic carbocycles. The summed E-state index contributed by atoms with van der Waals surface area (Å²) in [5.41, 5.74) is 10.4. The van der Waals surface area contributed by atoms with Crippen molar-refractivity contribution in [2.45, 2.75) is 102 Å². The zero-order chi connectivity index (χ0) is 28.1. The molecule has 5 rings (SSSR count). The van der Waals surface area contributed by atoms with E-state index < -0.39 is 6.04 Å². The quantitative estimate of drug-likeness (QED) is 0.514. The van der Waals surface area contributed by atoms with E-state index >= 15 is 0 Å². The van der Waals surface area contributed by atoms with Gasteiger partial charge in [-0.25, -0.2) is 0 Å². The molecule has 2 saturated heterocycles. The van der Waals surface area contributed by atoms with E-state index in [4.69, 9.17) is 10.5 Å². The number of carbonyl (C=O) groups is 2. The highest BCUT2D eigenvalue weighted by molar-refractivity contribution is 5.97. The summed E-state index contributed by atoms with van der Waals surface area (Å²) >= 11 is 0. The average Bonchev–Trinajstić information content (AvgIpc) is 3.48. The Labute approximate surface area is 239 Å². The number of aryl methyl sites for hydroxylation is 2. The van der Waals surface area contributed by atoms with Crippen LogP contribution in [0.1, 0.15) is 78.4 Å². The molecule has 2 aromatic rings. The van der Waals surface area contributed by atoms with Gasteiger partial charge in [0.15, 0.2) is 0 Å². The molecule has 2 amide bonds. The molecule has 1 aliphatic carbocycles. The lowest BCUT2D eigenvalue weighted by atomic mass is 9.90. The SMILES string of the molecule is Cc1ccc(C(=O)N2CCC(N(Cc3ccccc3C)CC3CCCO3)C[C@@H]2C(=O)NC2CCC(N)CC2)cc1. The van der Waals surface area contributed by atoms with Gasteiger partial charge < -0.3 is 20.7 Å². The Kier molecular flexibility index (Phi) is 9.56. The van der Waals surface area contributed by atoms with Gasteiger partial charge in [-0.3, -0.25) is 14.5 Å². The Hall–Kier alpha value is -2.74. The maximum absolute atomic E-state index is 13.9. The van der Waals surface area contributed by atoms with E-state index in [-0.39, 0.29) is 36.0 Å². The van der Waals surface area contributed by atoms with Crippen LogP contribution in [0.3, 0.4) is 0 Å². The molecule has 2 aliphatic heterocycles. The van der Waals surface area contributed by atoms with Gasteiger partial charge in [0.25, 0.3) is 5.91 Å². The van der Waals surface area contributed by atoms with Crippen molar-refractivity contribution in [3.8, 4) is 0 Å². The van der Waals surface area contributed by atoms with Crippen LogP contribution in [-0.4, -0.2) is 71.6 Å². The van der Waals surface area contributed by atoms with Crippen molar-refractivity contribution >= 4 is 11.8 Å². The molecule has 3 N–H and O–H groups in total. The van der Waals surface area contributed by atoms with Crippen molar-refractivity contribution < 1.29 is 14.3 Å². The molecule has 0 spiro atoms. The molecule has 0 bridgehead atoms. The first-order valence-corrected chi connectivity index (χ1v) is 15.2. The second-order valence-electron chi connectivity index (χ2n) is 12.2. The van der Waals surface area contributed by atoms with Gasteiger partial charge in [-0.2, -0.15) is 0 Å². The number of rotatable bonds is 8. The Bertz CT molecular complexity index is 1140. The third-order valence-electron chi connectivity index (χ3n) is 9.17. The Morgan fingerprint density at radius 3 is 2.45 bits per heavy atom. The van der Waals surface area contributed by atoms with E-state index in [1.54, 1.807) is 0 Å². The van der Waals surface area contributed by atoms with Crippen LogP contribution in [0.25, 0.3) is 0 Å². The second-order valence-corrected chi connectivity index (χ2v) is 12.2. The molecule has 1 saturated carbocycles. The van der Waals surface area contributed by atoms with E-state index in [9.17, 15) is 9.59 Å². The number of piperidine rings is 1. The first-order chi connectivity index (χ1) is 19.4. The van der Waals surface area contributed by atoms with Crippen LogP contribution in [0, 0.1) is 13.8 Å². The van der Waals surface area contributed by atoms with Gasteiger partial charge in [0.1, 0.15) is 6.04 Å². The highest BCUT2D eigenvalue weighted by Crippen LogP contribution is 2.28. The minimum atomic E-state index is -0.507. The summed E-state index contributed by atoms with van der Waals surface area (Å²) in [4.78, 5) is 32.0. The minimum Gasteiger partial charge on any atom is -0.377 e. The average molecular weight is 547 g/mol. The van der Waals surface area contributed by atoms with Crippen molar-refractivity contribution in [1.82, 2.24) is 15.1 Å². The molecule has 0 aromatic heterocycles. The van der Waals surface area contributed by atoms with Gasteiger partial charge in [-0.1, -0.05) is 42.0 Å². The number of hydrogen-bond acceptors (Lipinski definition) is 5. The van der Waals surface area contributed by atoms with Crippen molar-refractivity contribution in [3.63, 3.8) is 0 Å². The zero-order valence-electron chi connectivity index (χ0n) is 24.2. The zero-order valence-corrected chi connectivity index (χ0v) is 24.2. The van der Waals surface area contributed by atoms with Crippen LogP contribution in [0.15, 0.2) is 48.5 Å². The van der Waals surface area contributed by atoms with E-state index in [0.717, 1.165) is 70.2 Å². The number of nitrogens with zero attached hydrogens (tertiary/aromatic N) is 2. The normalized spacial score (nSPS) is 27.1. The maximum Gasteiger partial charge on any atom is 0.254 e. The van der Waals surface area contributed by atoms with Crippen LogP contribution >= 0.6 is 0 Å². The third kappa shape index (κ3) is 7.12. The van der Waals surface area contributed by atoms with Gasteiger partial charge in [-0.15, -0.1) is 0 Å². The lowest BCUT2D eigenvalue weighted by molar-refractivity contribution is -0.128. The lowest BCUT2D eigenvalue weighted by Crippen LogP contribution is -2.59. The molecule has 3 aliphatic rings. The number of carbonyl (C=O) groups excluding carboxylic acids is 2. The molecule has 2 unspecified atom stereocenters. The highest BCUT2D eigenvalue weighted by Gasteiger charge is 2.40. The molecular formula is C33H46N4O3. The highest BCUT2D eigenvalue weighted by atomic mass is 16.5. The van der Waals surface area contributed by atoms with Crippen molar-refractivity contribution in [2.75, 3.05) is 19.7 Å². The van der Waals surface area contributed by atoms with Crippen molar-refractivity contribution in [3.05, 3.63) is 70.8 Å². The van der Waals surface area contributed by atoms with E-state index in [1.807, 2.05) is 36.1 Å². The van der Waals surface area contributed by atoms with Gasteiger partial charge in [-0.05, 0) is 88.5 Å². The molecule has 3 atom stereocenters. The third-order valence-corrected chi connectivity index (χ3v) is 9.17. The Morgan fingerprint density at radius 2 is 1.75 bits per heavy atom. The van der Waals surface area contributed by atoms with Crippen LogP contribution in [-0.2, 0) is 16.1 Å². The molecule has 7 heteroatoms. The molecule has 40 heavy (non-hydrogen) atoms. The summed E-state index contributed by atoms with van der Waals surface area (Å²) in [6.45, 7) is 7.22. The summed E-state index contributed by atoms with van der Waals surface area (Å²) in [5.74, 6) is -0.0903. The second kappa shape index (κ2) is 13.3. The summed E-state index contributed by atoms with van der Waals surface area (Å²) < 4.78 is 6.06. The van der Waals surface area contributed by atoms with E-state index in [1.165, 1.54) is 11.1 Å². The summed E-state index contributed by atoms with van der Waals surface area (Å²) in [5, 5.41) is 3.31. The molecule has 7 nitrogen and oxygen atoms in total. The number of likely N-dealkylation sites (tertiary alicyclic amines) is 1. The fraction of sp³-hybridized carbons (Fsp3) is 0.576. The fourth-order valence-corrected chi connectivity index (χ4v) is 6.59. The number of nitrogens with one attached hydrogen (secondary N) is 1. The van der Waals surface area contributed by atoms with E-state index in [2.05, 4.69) is 41.4 Å². The fourth-order valence-electron chi connectivity index (χ4n) is 6.59. The van der Waals surface area contributed by atoms with Crippen LogP contribution in [0.4, 0.5) is 0 Å². The Morgan fingerprint density at radius 1 is 1.00 bits per heavy atom. The predicted molar refractivity (Wildman–Crippen MR) is 158 cm³/mol. The minimum absolute atomic E-state index is 0.0291.